The first-order valence-corrected chi connectivity index (χ1v) is 15.6. The molecule has 1 aliphatic carbocycles. The Labute approximate surface area is 267 Å². The molecule has 1 saturated carbocycles. The number of amides is 1. The monoisotopic (exact) mass is 636 g/mol. The molecular formula is C32H38ClFN8O3. The van der Waals surface area contributed by atoms with E-state index in [0.29, 0.717) is 53.6 Å². The highest BCUT2D eigenvalue weighted by molar-refractivity contribution is 6.30. The molecule has 1 amide bonds. The first kappa shape index (κ1) is 31.1. The predicted molar refractivity (Wildman–Crippen MR) is 171 cm³/mol. The third kappa shape index (κ3) is 6.87. The fourth-order valence-electron chi connectivity index (χ4n) is 6.22. The average Bonchev–Trinajstić information content (AvgIpc) is 3.31. The van der Waals surface area contributed by atoms with Gasteiger partial charge in [0, 0.05) is 80.3 Å². The number of anilines is 4. The van der Waals surface area contributed by atoms with Gasteiger partial charge in [-0.2, -0.15) is 0 Å². The zero-order valence-corrected chi connectivity index (χ0v) is 26.5. The molecular weight excluding hydrogens is 599 g/mol. The molecule has 2 N–H and O–H groups in total. The summed E-state index contributed by atoms with van der Waals surface area (Å²) in [5.41, 5.74) is 0.940. The summed E-state index contributed by atoms with van der Waals surface area (Å²) in [6, 6.07) is 9.91. The van der Waals surface area contributed by atoms with Crippen molar-refractivity contribution in [3.8, 4) is 11.3 Å². The molecule has 13 heteroatoms. The molecule has 2 aromatic heterocycles. The van der Waals surface area contributed by atoms with Crippen LogP contribution in [-0.2, 0) is 14.3 Å². The van der Waals surface area contributed by atoms with Crippen molar-refractivity contribution >= 4 is 46.5 Å². The molecule has 11 nitrogen and oxygen atoms in total. The van der Waals surface area contributed by atoms with Gasteiger partial charge >= 0.3 is 5.97 Å². The number of likely N-dealkylation sites (N-methyl/N-ethyl adjacent to an activating group) is 1. The van der Waals surface area contributed by atoms with Crippen LogP contribution in [0.1, 0.15) is 26.2 Å². The number of benzene rings is 1. The van der Waals surface area contributed by atoms with Crippen LogP contribution in [0.3, 0.4) is 0 Å². The zero-order chi connectivity index (χ0) is 31.7. The van der Waals surface area contributed by atoms with Crippen molar-refractivity contribution in [3.05, 3.63) is 53.4 Å². The van der Waals surface area contributed by atoms with Crippen LogP contribution < -0.4 is 15.5 Å². The summed E-state index contributed by atoms with van der Waals surface area (Å²) in [5.74, 6) is 0.0520. The van der Waals surface area contributed by atoms with E-state index in [2.05, 4.69) is 42.7 Å². The van der Waals surface area contributed by atoms with E-state index < -0.39 is 11.2 Å². The maximum atomic E-state index is 14.8. The number of hydrogen-bond donors (Lipinski definition) is 2. The van der Waals surface area contributed by atoms with E-state index in [4.69, 9.17) is 16.3 Å². The summed E-state index contributed by atoms with van der Waals surface area (Å²) in [7, 11) is 3.96. The molecule has 238 valence electrons. The van der Waals surface area contributed by atoms with Crippen LogP contribution in [0.25, 0.3) is 11.3 Å². The minimum atomic E-state index is -0.704. The fourth-order valence-corrected chi connectivity index (χ4v) is 6.39. The Morgan fingerprint density at radius 1 is 1.16 bits per heavy atom. The van der Waals surface area contributed by atoms with Crippen LogP contribution in [-0.4, -0.2) is 96.3 Å². The summed E-state index contributed by atoms with van der Waals surface area (Å²) < 4.78 is 20.0. The third-order valence-corrected chi connectivity index (χ3v) is 9.37. The van der Waals surface area contributed by atoms with E-state index >= 15 is 0 Å². The Morgan fingerprint density at radius 3 is 2.67 bits per heavy atom. The lowest BCUT2D eigenvalue weighted by molar-refractivity contribution is -0.145. The second kappa shape index (κ2) is 12.9. The molecule has 0 radical (unpaired) electrons. The molecule has 1 aromatic carbocycles. The van der Waals surface area contributed by atoms with Crippen molar-refractivity contribution in [2.24, 2.45) is 11.3 Å². The number of pyridine rings is 1. The van der Waals surface area contributed by atoms with E-state index in [0.717, 1.165) is 39.0 Å². The summed E-state index contributed by atoms with van der Waals surface area (Å²) in [6.07, 6.45) is 3.89. The Kier molecular flexibility index (Phi) is 8.89. The molecule has 1 unspecified atom stereocenters. The SMILES string of the molecule is CN1CCN(C2CC(C(=O)Nc3cc(Nc4cc(-c5cc(Cl)ccc5F)nnc4N(C)CC4(C)CCOC4=O)ccn3)C2)CC1. The highest BCUT2D eigenvalue weighted by atomic mass is 35.5. The number of cyclic esters (lactones) is 1. The normalized spacial score (nSPS) is 23.7. The number of carbonyl (C=O) groups excluding carboxylic acids is 2. The van der Waals surface area contributed by atoms with Crippen molar-refractivity contribution in [1.29, 1.82) is 0 Å². The lowest BCUT2D eigenvalue weighted by Crippen LogP contribution is -2.54. The van der Waals surface area contributed by atoms with Crippen LogP contribution in [0.4, 0.5) is 27.4 Å². The molecule has 3 aromatic rings. The van der Waals surface area contributed by atoms with Gasteiger partial charge in [0.05, 0.1) is 23.4 Å². The van der Waals surface area contributed by atoms with Crippen LogP contribution >= 0.6 is 11.6 Å². The average molecular weight is 637 g/mol. The highest BCUT2D eigenvalue weighted by Crippen LogP contribution is 2.37. The van der Waals surface area contributed by atoms with Crippen molar-refractivity contribution in [1.82, 2.24) is 25.0 Å². The molecule has 2 aliphatic heterocycles. The first-order valence-electron chi connectivity index (χ1n) is 15.3. The van der Waals surface area contributed by atoms with Gasteiger partial charge in [0.1, 0.15) is 11.6 Å². The second-order valence-corrected chi connectivity index (χ2v) is 13.0. The van der Waals surface area contributed by atoms with E-state index in [-0.39, 0.29) is 29.1 Å². The number of carbonyl (C=O) groups is 2. The summed E-state index contributed by atoms with van der Waals surface area (Å²) >= 11 is 6.16. The number of ether oxygens (including phenoxy) is 1. The second-order valence-electron chi connectivity index (χ2n) is 12.6. The number of hydrogen-bond acceptors (Lipinski definition) is 10. The van der Waals surface area contributed by atoms with Gasteiger partial charge in [-0.15, -0.1) is 10.2 Å². The van der Waals surface area contributed by atoms with E-state index in [1.165, 1.54) is 18.2 Å². The van der Waals surface area contributed by atoms with Gasteiger partial charge in [0.15, 0.2) is 5.82 Å². The maximum absolute atomic E-state index is 14.8. The van der Waals surface area contributed by atoms with Gasteiger partial charge in [-0.25, -0.2) is 9.37 Å². The molecule has 45 heavy (non-hydrogen) atoms. The Hall–Kier alpha value is -3.87. The quantitative estimate of drug-likeness (QED) is 0.327. The standard InChI is InChI=1S/C32H38ClFN8O3/c1-32(7-13-45-31(32)44)19-41(3)29-27(18-26(38-39-29)24-16-21(33)4-5-25(24)34)36-22-6-8-35-28(17-22)37-30(43)20-14-23(15-20)42-11-9-40(2)10-12-42/h4-6,8,16-18,20,23H,7,9-15,19H2,1-3H3,(H2,35,36,37,38,43). The molecule has 0 bridgehead atoms. The van der Waals surface area contributed by atoms with E-state index in [9.17, 15) is 14.0 Å². The lowest BCUT2D eigenvalue weighted by atomic mass is 9.78. The Balaban J connectivity index is 1.19. The number of nitrogens with one attached hydrogen (secondary N) is 2. The van der Waals surface area contributed by atoms with Crippen LogP contribution in [0.15, 0.2) is 42.6 Å². The largest absolute Gasteiger partial charge is 0.465 e. The topological polar surface area (TPSA) is 116 Å². The summed E-state index contributed by atoms with van der Waals surface area (Å²) in [5, 5.41) is 15.4. The predicted octanol–water partition coefficient (Wildman–Crippen LogP) is 4.43. The highest BCUT2D eigenvalue weighted by Gasteiger charge is 2.41. The molecule has 2 saturated heterocycles. The van der Waals surface area contributed by atoms with Gasteiger partial charge in [-0.05, 0) is 63.6 Å². The number of rotatable bonds is 9. The Morgan fingerprint density at radius 2 is 1.93 bits per heavy atom. The van der Waals surface area contributed by atoms with Crippen LogP contribution in [0, 0.1) is 17.2 Å². The molecule has 3 aliphatic rings. The lowest BCUT2D eigenvalue weighted by Gasteiger charge is -2.45. The molecule has 0 spiro atoms. The summed E-state index contributed by atoms with van der Waals surface area (Å²) in [4.78, 5) is 36.5. The Bertz CT molecular complexity index is 1580. The van der Waals surface area contributed by atoms with E-state index in [1.807, 2.05) is 18.9 Å². The smallest absolute Gasteiger partial charge is 0.313 e. The van der Waals surface area contributed by atoms with Gasteiger partial charge in [0.2, 0.25) is 5.91 Å². The molecule has 1 atom stereocenters. The van der Waals surface area contributed by atoms with Gasteiger partial charge in [-0.3, -0.25) is 14.5 Å². The molecule has 6 rings (SSSR count). The van der Waals surface area contributed by atoms with Gasteiger partial charge in [-0.1, -0.05) is 11.6 Å². The number of nitrogens with zero attached hydrogens (tertiary/aromatic N) is 6. The number of piperazine rings is 1. The van der Waals surface area contributed by atoms with Crippen molar-refractivity contribution < 1.29 is 18.7 Å². The first-order chi connectivity index (χ1) is 21.6. The van der Waals surface area contributed by atoms with Crippen molar-refractivity contribution in [2.75, 3.05) is 69.0 Å². The van der Waals surface area contributed by atoms with Crippen LogP contribution in [0.2, 0.25) is 5.02 Å². The van der Waals surface area contributed by atoms with E-state index in [1.54, 1.807) is 24.4 Å². The van der Waals surface area contributed by atoms with Gasteiger partial charge in [0.25, 0.3) is 0 Å². The summed E-state index contributed by atoms with van der Waals surface area (Å²) in [6.45, 7) is 6.78. The molecule has 3 fully saturated rings. The van der Waals surface area contributed by atoms with Crippen molar-refractivity contribution in [3.63, 3.8) is 0 Å². The minimum Gasteiger partial charge on any atom is -0.465 e. The number of esters is 1. The maximum Gasteiger partial charge on any atom is 0.313 e. The fraction of sp³-hybridized carbons (Fsp3) is 0.469. The number of halogens is 2. The zero-order valence-electron chi connectivity index (χ0n) is 25.7. The van der Waals surface area contributed by atoms with Gasteiger partial charge < -0.3 is 25.2 Å². The third-order valence-electron chi connectivity index (χ3n) is 9.13. The minimum absolute atomic E-state index is 0.0357. The van der Waals surface area contributed by atoms with Crippen LogP contribution in [0.5, 0.6) is 0 Å². The molecule has 4 heterocycles. The number of aromatic nitrogens is 3. The van der Waals surface area contributed by atoms with Crippen molar-refractivity contribution in [2.45, 2.75) is 32.2 Å².